The number of methoxy groups -OCH3 is 1. The number of aromatic nitrogens is 1. The molecule has 5 aromatic rings. The van der Waals surface area contributed by atoms with E-state index in [2.05, 4.69) is 32.3 Å². The van der Waals surface area contributed by atoms with Crippen molar-refractivity contribution in [3.8, 4) is 17.2 Å². The maximum absolute atomic E-state index is 13.3. The lowest BCUT2D eigenvalue weighted by atomic mass is 10.0. The van der Waals surface area contributed by atoms with Crippen LogP contribution in [0.15, 0.2) is 69.6 Å². The fraction of sp³-hybridized carbons (Fsp3) is 0.111. The summed E-state index contributed by atoms with van der Waals surface area (Å²) in [7, 11) is 1.54. The smallest absolute Gasteiger partial charge is 0.259 e. The monoisotopic (exact) mass is 534 g/mol. The van der Waals surface area contributed by atoms with Crippen molar-refractivity contribution in [2.75, 3.05) is 12.4 Å². The topological polar surface area (TPSA) is 64.4 Å². The summed E-state index contributed by atoms with van der Waals surface area (Å²) in [6.45, 7) is 4.02. The summed E-state index contributed by atoms with van der Waals surface area (Å²) in [6.07, 6.45) is 0. The second kappa shape index (κ2) is 8.78. The van der Waals surface area contributed by atoms with Gasteiger partial charge in [0.2, 0.25) is 5.89 Å². The van der Waals surface area contributed by atoms with Crippen LogP contribution in [0.25, 0.3) is 33.3 Å². The van der Waals surface area contributed by atoms with Crippen LogP contribution in [0.1, 0.15) is 21.5 Å². The molecule has 5 rings (SSSR count). The maximum Gasteiger partial charge on any atom is 0.259 e. The molecule has 7 heteroatoms. The van der Waals surface area contributed by atoms with E-state index in [9.17, 15) is 4.79 Å². The zero-order valence-electron chi connectivity index (χ0n) is 18.7. The van der Waals surface area contributed by atoms with E-state index < -0.39 is 0 Å². The Labute approximate surface area is 209 Å². The van der Waals surface area contributed by atoms with Gasteiger partial charge in [0.05, 0.1) is 27.9 Å². The second-order valence-electron chi connectivity index (χ2n) is 8.09. The van der Waals surface area contributed by atoms with Gasteiger partial charge >= 0.3 is 0 Å². The number of aryl methyl sites for hydroxylation is 2. The number of carbonyl (C=O) groups excluding carboxylic acids is 1. The molecule has 1 heterocycles. The molecule has 1 N–H and O–H groups in total. The number of hydrogen-bond donors (Lipinski definition) is 1. The lowest BCUT2D eigenvalue weighted by molar-refractivity contribution is 0.102. The van der Waals surface area contributed by atoms with Crippen molar-refractivity contribution in [2.24, 2.45) is 0 Å². The minimum absolute atomic E-state index is 0.341. The number of nitrogens with one attached hydrogen (secondary N) is 1. The first-order valence-electron chi connectivity index (χ1n) is 10.6. The second-order valence-corrected chi connectivity index (χ2v) is 9.29. The molecule has 0 fully saturated rings. The van der Waals surface area contributed by atoms with Crippen LogP contribution >= 0.6 is 27.5 Å². The Morgan fingerprint density at radius 1 is 1.09 bits per heavy atom. The van der Waals surface area contributed by atoms with Crippen LogP contribution < -0.4 is 10.1 Å². The molecule has 34 heavy (non-hydrogen) atoms. The predicted octanol–water partition coefficient (Wildman–Crippen LogP) is 7.94. The largest absolute Gasteiger partial charge is 0.495 e. The Hall–Kier alpha value is -3.35. The third-order valence-electron chi connectivity index (χ3n) is 5.67. The summed E-state index contributed by atoms with van der Waals surface area (Å²) < 4.78 is 12.3. The third-order valence-corrected chi connectivity index (χ3v) is 6.79. The molecule has 5 nitrogen and oxygen atoms in total. The maximum atomic E-state index is 13.3. The Bertz CT molecular complexity index is 1590. The number of oxazole rings is 1. The normalized spacial score (nSPS) is 11.2. The molecule has 0 aliphatic heterocycles. The van der Waals surface area contributed by atoms with E-state index in [-0.39, 0.29) is 5.91 Å². The van der Waals surface area contributed by atoms with Gasteiger partial charge in [-0.2, -0.15) is 0 Å². The Morgan fingerprint density at radius 2 is 1.88 bits per heavy atom. The highest BCUT2D eigenvalue weighted by molar-refractivity contribution is 9.10. The molecule has 0 atom stereocenters. The molecule has 0 unspecified atom stereocenters. The van der Waals surface area contributed by atoms with Gasteiger partial charge in [-0.15, -0.1) is 0 Å². The fourth-order valence-corrected chi connectivity index (χ4v) is 5.00. The van der Waals surface area contributed by atoms with Crippen molar-refractivity contribution < 1.29 is 13.9 Å². The summed E-state index contributed by atoms with van der Waals surface area (Å²) in [4.78, 5) is 17.9. The molecule has 0 aliphatic carbocycles. The van der Waals surface area contributed by atoms with Gasteiger partial charge in [-0.05, 0) is 82.0 Å². The number of rotatable bonds is 4. The molecule has 0 aliphatic rings. The number of hydrogen-bond acceptors (Lipinski definition) is 4. The standard InChI is InChI=1S/C27H20BrClN2O3/c1-14-10-15(2)24-22(11-14)31-27(34-24)17-8-9-20(29)21(13-17)30-26(32)19-12-16-6-4-5-7-18(16)23(28)25(19)33-3/h4-13H,1-3H3,(H,30,32). The van der Waals surface area contributed by atoms with Gasteiger partial charge in [0.1, 0.15) is 11.3 Å². The molecule has 4 aromatic carbocycles. The van der Waals surface area contributed by atoms with Crippen molar-refractivity contribution >= 4 is 61.0 Å². The summed E-state index contributed by atoms with van der Waals surface area (Å²) in [5.41, 5.74) is 5.22. The highest BCUT2D eigenvalue weighted by Crippen LogP contribution is 2.38. The first kappa shape index (κ1) is 22.4. The van der Waals surface area contributed by atoms with Gasteiger partial charge < -0.3 is 14.5 Å². The number of nitrogens with zero attached hydrogens (tertiary/aromatic N) is 1. The first-order chi connectivity index (χ1) is 16.4. The highest BCUT2D eigenvalue weighted by Gasteiger charge is 2.20. The van der Waals surface area contributed by atoms with E-state index in [0.717, 1.165) is 37.5 Å². The lowest BCUT2D eigenvalue weighted by Gasteiger charge is -2.14. The zero-order chi connectivity index (χ0) is 24.0. The van der Waals surface area contributed by atoms with Gasteiger partial charge in [-0.25, -0.2) is 4.98 Å². The Balaban J connectivity index is 1.53. The molecule has 0 bridgehead atoms. The van der Waals surface area contributed by atoms with Crippen molar-refractivity contribution in [1.29, 1.82) is 0 Å². The average Bonchev–Trinajstić information content (AvgIpc) is 3.25. The lowest BCUT2D eigenvalue weighted by Crippen LogP contribution is -2.14. The molecule has 0 radical (unpaired) electrons. The van der Waals surface area contributed by atoms with Crippen LogP contribution in [-0.2, 0) is 0 Å². The molecule has 170 valence electrons. The molecule has 0 spiro atoms. The third kappa shape index (κ3) is 3.93. The fourth-order valence-electron chi connectivity index (χ4n) is 4.10. The van der Waals surface area contributed by atoms with Crippen LogP contribution in [0.4, 0.5) is 5.69 Å². The average molecular weight is 536 g/mol. The summed E-state index contributed by atoms with van der Waals surface area (Å²) in [6, 6.07) is 18.9. The van der Waals surface area contributed by atoms with Crippen molar-refractivity contribution in [3.63, 3.8) is 0 Å². The molecular weight excluding hydrogens is 516 g/mol. The minimum Gasteiger partial charge on any atom is -0.495 e. The van der Waals surface area contributed by atoms with Gasteiger partial charge in [-0.1, -0.05) is 41.9 Å². The number of fused-ring (bicyclic) bond motifs is 2. The SMILES string of the molecule is COc1c(C(=O)Nc2cc(-c3nc4cc(C)cc(C)c4o3)ccc2Cl)cc2ccccc2c1Br. The molecule has 1 amide bonds. The van der Waals surface area contributed by atoms with Gasteiger partial charge in [0.25, 0.3) is 5.91 Å². The number of ether oxygens (including phenoxy) is 1. The van der Waals surface area contributed by atoms with Crippen LogP contribution in [0.2, 0.25) is 5.02 Å². The zero-order valence-corrected chi connectivity index (χ0v) is 21.0. The summed E-state index contributed by atoms with van der Waals surface area (Å²) in [5, 5.41) is 5.19. The first-order valence-corrected chi connectivity index (χ1v) is 11.8. The summed E-state index contributed by atoms with van der Waals surface area (Å²) in [5.74, 6) is 0.571. The molecule has 0 saturated heterocycles. The van der Waals surface area contributed by atoms with E-state index in [1.165, 1.54) is 7.11 Å². The minimum atomic E-state index is -0.341. The summed E-state index contributed by atoms with van der Waals surface area (Å²) >= 11 is 10.0. The number of benzene rings is 4. The number of amides is 1. The van der Waals surface area contributed by atoms with Crippen molar-refractivity contribution in [3.05, 3.63) is 86.8 Å². The van der Waals surface area contributed by atoms with E-state index in [1.54, 1.807) is 18.2 Å². The van der Waals surface area contributed by atoms with Crippen LogP contribution in [0.5, 0.6) is 5.75 Å². The number of carbonyl (C=O) groups is 1. The number of halogens is 2. The van der Waals surface area contributed by atoms with Crippen LogP contribution in [0, 0.1) is 13.8 Å². The molecule has 1 aromatic heterocycles. The van der Waals surface area contributed by atoms with E-state index in [4.69, 9.17) is 20.8 Å². The van der Waals surface area contributed by atoms with Crippen LogP contribution in [0.3, 0.4) is 0 Å². The Morgan fingerprint density at radius 3 is 2.68 bits per heavy atom. The van der Waals surface area contributed by atoms with Gasteiger partial charge in [0, 0.05) is 5.56 Å². The Kier molecular flexibility index (Phi) is 5.80. The van der Waals surface area contributed by atoms with Crippen molar-refractivity contribution in [2.45, 2.75) is 13.8 Å². The van der Waals surface area contributed by atoms with E-state index >= 15 is 0 Å². The number of anilines is 1. The van der Waals surface area contributed by atoms with E-state index in [0.29, 0.717) is 33.5 Å². The van der Waals surface area contributed by atoms with Gasteiger partial charge in [-0.3, -0.25) is 4.79 Å². The predicted molar refractivity (Wildman–Crippen MR) is 140 cm³/mol. The van der Waals surface area contributed by atoms with Crippen molar-refractivity contribution in [1.82, 2.24) is 4.98 Å². The van der Waals surface area contributed by atoms with E-state index in [1.807, 2.05) is 50.2 Å². The van der Waals surface area contributed by atoms with Crippen LogP contribution in [-0.4, -0.2) is 18.0 Å². The molecular formula is C27H20BrClN2O3. The van der Waals surface area contributed by atoms with Gasteiger partial charge in [0.15, 0.2) is 5.58 Å². The highest BCUT2D eigenvalue weighted by atomic mass is 79.9. The molecule has 0 saturated carbocycles. The quantitative estimate of drug-likeness (QED) is 0.254.